The molecule has 1 rings (SSSR count). The molecule has 1 aliphatic rings. The molecule has 0 aromatic carbocycles. The van der Waals surface area contributed by atoms with Crippen molar-refractivity contribution in [1.82, 2.24) is 5.32 Å². The van der Waals surface area contributed by atoms with Gasteiger partial charge in [0, 0.05) is 33.6 Å². The Morgan fingerprint density at radius 1 is 0.900 bits per heavy atom. The summed E-state index contributed by atoms with van der Waals surface area (Å²) >= 11 is 5.54. The Kier molecular flexibility index (Phi) is 11.6. The van der Waals surface area contributed by atoms with Gasteiger partial charge in [-0.2, -0.15) is 0 Å². The number of ether oxygens (including phenoxy) is 6. The van der Waals surface area contributed by atoms with Gasteiger partial charge in [-0.25, -0.2) is 0 Å². The van der Waals surface area contributed by atoms with Crippen molar-refractivity contribution in [2.24, 2.45) is 0 Å². The number of hydrogen-bond donors (Lipinski definition) is 1. The van der Waals surface area contributed by atoms with Crippen LogP contribution >= 0.6 is 11.6 Å². The molecule has 1 amide bonds. The maximum atomic E-state index is 11.8. The van der Waals surface area contributed by atoms with Gasteiger partial charge in [-0.15, -0.1) is 11.6 Å². The second-order valence-corrected chi connectivity index (χ2v) is 6.77. The van der Waals surface area contributed by atoms with E-state index in [0.29, 0.717) is 12.5 Å². The van der Waals surface area contributed by atoms with Crippen molar-refractivity contribution in [3.05, 3.63) is 0 Å². The zero-order valence-electron chi connectivity index (χ0n) is 17.4. The molecule has 1 N–H and O–H groups in total. The van der Waals surface area contributed by atoms with Gasteiger partial charge in [-0.05, 0) is 0 Å². The summed E-state index contributed by atoms with van der Waals surface area (Å²) in [7, 11) is 0. The van der Waals surface area contributed by atoms with E-state index in [1.54, 1.807) is 0 Å². The quantitative estimate of drug-likeness (QED) is 0.196. The molecule has 0 spiro atoms. The molecular weight excluding hydrogens is 426 g/mol. The largest absolute Gasteiger partial charge is 0.463 e. The van der Waals surface area contributed by atoms with Gasteiger partial charge in [-0.1, -0.05) is 0 Å². The van der Waals surface area contributed by atoms with E-state index in [9.17, 15) is 19.2 Å². The third-order valence-electron chi connectivity index (χ3n) is 3.80. The van der Waals surface area contributed by atoms with E-state index in [0.717, 1.165) is 6.92 Å². The molecule has 5 atom stereocenters. The van der Waals surface area contributed by atoms with Crippen molar-refractivity contribution in [3.8, 4) is 0 Å². The molecule has 0 radical (unpaired) electrons. The van der Waals surface area contributed by atoms with Crippen LogP contribution in [-0.2, 0) is 47.6 Å². The van der Waals surface area contributed by atoms with Crippen LogP contribution in [0.4, 0.5) is 0 Å². The minimum atomic E-state index is -1.16. The molecule has 1 heterocycles. The summed E-state index contributed by atoms with van der Waals surface area (Å²) in [5.41, 5.74) is 0. The SMILES string of the molecule is CC(=O)N[C@H]1[C@@H](OCCOCCCl)O[C@@H](COC(C)=O)[C@@H](OC(C)=O)[C@@H]1OC(C)=O. The fourth-order valence-electron chi connectivity index (χ4n) is 2.81. The Morgan fingerprint density at radius 3 is 2.07 bits per heavy atom. The lowest BCUT2D eigenvalue weighted by atomic mass is 9.96. The average molecular weight is 454 g/mol. The highest BCUT2D eigenvalue weighted by atomic mass is 35.5. The molecule has 0 bridgehead atoms. The molecule has 11 nitrogen and oxygen atoms in total. The monoisotopic (exact) mass is 453 g/mol. The number of nitrogens with one attached hydrogen (secondary N) is 1. The number of rotatable bonds is 11. The van der Waals surface area contributed by atoms with Crippen LogP contribution in [0.2, 0.25) is 0 Å². The lowest BCUT2D eigenvalue weighted by Gasteiger charge is -2.44. The minimum Gasteiger partial charge on any atom is -0.463 e. The van der Waals surface area contributed by atoms with E-state index in [2.05, 4.69) is 5.32 Å². The first-order chi connectivity index (χ1) is 14.1. The molecule has 0 saturated carbocycles. The smallest absolute Gasteiger partial charge is 0.303 e. The fourth-order valence-corrected chi connectivity index (χ4v) is 2.92. The maximum absolute atomic E-state index is 11.8. The molecule has 30 heavy (non-hydrogen) atoms. The number of carbonyl (C=O) groups excluding carboxylic acids is 4. The van der Waals surface area contributed by atoms with Crippen LogP contribution in [0.15, 0.2) is 0 Å². The van der Waals surface area contributed by atoms with Crippen molar-refractivity contribution in [2.45, 2.75) is 58.3 Å². The molecule has 0 aromatic heterocycles. The Labute approximate surface area is 179 Å². The Hall–Kier alpha value is -1.95. The van der Waals surface area contributed by atoms with Gasteiger partial charge < -0.3 is 33.7 Å². The van der Waals surface area contributed by atoms with Gasteiger partial charge in [0.2, 0.25) is 5.91 Å². The molecule has 172 valence electrons. The van der Waals surface area contributed by atoms with Crippen LogP contribution in [-0.4, -0.2) is 86.8 Å². The highest BCUT2D eigenvalue weighted by Gasteiger charge is 2.51. The standard InChI is InChI=1S/C18H28ClNO10/c1-10(21)20-15-17(29-13(4)24)16(28-12(3)23)14(9-27-11(2)22)30-18(15)26-8-7-25-6-5-19/h14-18H,5-9H2,1-4H3,(H,20,21)/t14-,15+,16+,17+,18-/m0/s1. The number of hydrogen-bond acceptors (Lipinski definition) is 10. The topological polar surface area (TPSA) is 136 Å². The first kappa shape index (κ1) is 26.1. The van der Waals surface area contributed by atoms with Gasteiger partial charge in [-0.3, -0.25) is 19.2 Å². The zero-order chi connectivity index (χ0) is 22.7. The molecule has 1 aliphatic heterocycles. The predicted octanol–water partition coefficient (Wildman–Crippen LogP) is -0.0855. The zero-order valence-corrected chi connectivity index (χ0v) is 18.1. The van der Waals surface area contributed by atoms with Crippen LogP contribution in [0.5, 0.6) is 0 Å². The summed E-state index contributed by atoms with van der Waals surface area (Å²) in [4.78, 5) is 46.4. The van der Waals surface area contributed by atoms with Crippen LogP contribution in [0, 0.1) is 0 Å². The molecule has 1 fully saturated rings. The number of amides is 1. The highest BCUT2D eigenvalue weighted by Crippen LogP contribution is 2.28. The predicted molar refractivity (Wildman–Crippen MR) is 101 cm³/mol. The van der Waals surface area contributed by atoms with Gasteiger partial charge in [0.15, 0.2) is 18.5 Å². The lowest BCUT2D eigenvalue weighted by molar-refractivity contribution is -0.279. The second-order valence-electron chi connectivity index (χ2n) is 6.39. The molecule has 0 aromatic rings. The van der Waals surface area contributed by atoms with E-state index in [1.165, 1.54) is 20.8 Å². The van der Waals surface area contributed by atoms with Crippen molar-refractivity contribution in [1.29, 1.82) is 0 Å². The summed E-state index contributed by atoms with van der Waals surface area (Å²) in [5.74, 6) is -2.07. The first-order valence-electron chi connectivity index (χ1n) is 9.31. The van der Waals surface area contributed by atoms with Gasteiger partial charge in [0.1, 0.15) is 18.8 Å². The van der Waals surface area contributed by atoms with Crippen molar-refractivity contribution < 1.29 is 47.6 Å². The Balaban J connectivity index is 3.13. The summed E-state index contributed by atoms with van der Waals surface area (Å²) < 4.78 is 32.4. The van der Waals surface area contributed by atoms with Crippen LogP contribution in [0.3, 0.4) is 0 Å². The van der Waals surface area contributed by atoms with Crippen LogP contribution in [0.1, 0.15) is 27.7 Å². The number of carbonyl (C=O) groups is 4. The first-order valence-corrected chi connectivity index (χ1v) is 9.84. The van der Waals surface area contributed by atoms with Gasteiger partial charge >= 0.3 is 17.9 Å². The Morgan fingerprint density at radius 2 is 1.53 bits per heavy atom. The molecule has 0 unspecified atom stereocenters. The summed E-state index contributed by atoms with van der Waals surface area (Å²) in [6.07, 6.45) is -4.43. The van der Waals surface area contributed by atoms with Crippen molar-refractivity contribution in [3.63, 3.8) is 0 Å². The summed E-state index contributed by atoms with van der Waals surface area (Å²) in [6, 6.07) is -1.00. The van der Waals surface area contributed by atoms with E-state index in [1.807, 2.05) is 0 Å². The van der Waals surface area contributed by atoms with Gasteiger partial charge in [0.25, 0.3) is 0 Å². The minimum absolute atomic E-state index is 0.0724. The molecule has 1 saturated heterocycles. The molecule has 0 aliphatic carbocycles. The molecular formula is C18H28ClNO10. The van der Waals surface area contributed by atoms with E-state index < -0.39 is 54.5 Å². The second kappa shape index (κ2) is 13.4. The fraction of sp³-hybridized carbons (Fsp3) is 0.778. The van der Waals surface area contributed by atoms with E-state index in [-0.39, 0.29) is 19.8 Å². The third-order valence-corrected chi connectivity index (χ3v) is 3.96. The third kappa shape index (κ3) is 9.24. The van der Waals surface area contributed by atoms with E-state index in [4.69, 9.17) is 40.0 Å². The summed E-state index contributed by atoms with van der Waals surface area (Å²) in [6.45, 7) is 5.10. The highest BCUT2D eigenvalue weighted by molar-refractivity contribution is 6.17. The van der Waals surface area contributed by atoms with Crippen LogP contribution < -0.4 is 5.32 Å². The number of esters is 3. The normalized spacial score (nSPS) is 25.8. The van der Waals surface area contributed by atoms with E-state index >= 15 is 0 Å². The van der Waals surface area contributed by atoms with Crippen molar-refractivity contribution >= 4 is 35.4 Å². The van der Waals surface area contributed by atoms with Crippen molar-refractivity contribution in [2.75, 3.05) is 32.3 Å². The number of alkyl halides is 1. The van der Waals surface area contributed by atoms with Gasteiger partial charge in [0.05, 0.1) is 19.8 Å². The Bertz CT molecular complexity index is 602. The maximum Gasteiger partial charge on any atom is 0.303 e. The molecule has 12 heteroatoms. The lowest BCUT2D eigenvalue weighted by Crippen LogP contribution is -2.66. The van der Waals surface area contributed by atoms with Crippen LogP contribution in [0.25, 0.3) is 0 Å². The number of halogens is 1. The summed E-state index contributed by atoms with van der Waals surface area (Å²) in [5, 5.41) is 2.60. The average Bonchev–Trinajstić information content (AvgIpc) is 2.63.